The standard InChI is InChI=1S/C10H20N8O2S/c11-17-9-14-8(13-4-3-7-21(12,19)20)15-10(16-9)18-5-1-2-6-18/h1-7,11H2,(H2,12,19,20)(H2,13,14,15,16,17). The van der Waals surface area contributed by atoms with Crippen LogP contribution in [0.4, 0.5) is 17.8 Å². The molecule has 0 amide bonds. The molecule has 118 valence electrons. The van der Waals surface area contributed by atoms with Crippen molar-refractivity contribution in [3.8, 4) is 0 Å². The van der Waals surface area contributed by atoms with Crippen molar-refractivity contribution in [2.24, 2.45) is 11.0 Å². The number of nitrogens with one attached hydrogen (secondary N) is 2. The third kappa shape index (κ3) is 4.95. The Hall–Kier alpha value is -1.72. The van der Waals surface area contributed by atoms with Crippen LogP contribution < -0.4 is 26.6 Å². The van der Waals surface area contributed by atoms with Crippen LogP contribution in [0.25, 0.3) is 0 Å². The molecule has 0 atom stereocenters. The molecule has 1 fully saturated rings. The number of aromatic nitrogens is 3. The van der Waals surface area contributed by atoms with Gasteiger partial charge in [-0.2, -0.15) is 15.0 Å². The van der Waals surface area contributed by atoms with E-state index in [-0.39, 0.29) is 11.7 Å². The molecule has 0 unspecified atom stereocenters. The minimum atomic E-state index is -3.45. The van der Waals surface area contributed by atoms with Gasteiger partial charge in [-0.15, -0.1) is 0 Å². The largest absolute Gasteiger partial charge is 0.354 e. The van der Waals surface area contributed by atoms with E-state index in [1.54, 1.807) is 0 Å². The van der Waals surface area contributed by atoms with Gasteiger partial charge in [-0.3, -0.25) is 5.43 Å². The van der Waals surface area contributed by atoms with Crippen molar-refractivity contribution in [2.75, 3.05) is 41.0 Å². The number of nitrogen functional groups attached to an aromatic ring is 1. The van der Waals surface area contributed by atoms with Crippen molar-refractivity contribution in [1.29, 1.82) is 0 Å². The Balaban J connectivity index is 1.99. The van der Waals surface area contributed by atoms with Crippen LogP contribution in [0.15, 0.2) is 0 Å². The van der Waals surface area contributed by atoms with Crippen molar-refractivity contribution >= 4 is 27.9 Å². The van der Waals surface area contributed by atoms with Gasteiger partial charge < -0.3 is 10.2 Å². The minimum Gasteiger partial charge on any atom is -0.354 e. The van der Waals surface area contributed by atoms with E-state index in [0.29, 0.717) is 24.9 Å². The van der Waals surface area contributed by atoms with Crippen molar-refractivity contribution in [1.82, 2.24) is 15.0 Å². The van der Waals surface area contributed by atoms with Crippen LogP contribution in [0.3, 0.4) is 0 Å². The molecule has 1 aliphatic rings. The Morgan fingerprint density at radius 1 is 1.14 bits per heavy atom. The molecule has 0 aromatic carbocycles. The summed E-state index contributed by atoms with van der Waals surface area (Å²) in [6.07, 6.45) is 2.58. The molecule has 0 saturated carbocycles. The van der Waals surface area contributed by atoms with E-state index in [1.165, 1.54) is 0 Å². The number of hydrazine groups is 1. The zero-order chi connectivity index (χ0) is 15.3. The summed E-state index contributed by atoms with van der Waals surface area (Å²) in [7, 11) is -3.45. The van der Waals surface area contributed by atoms with Gasteiger partial charge in [0.2, 0.25) is 27.9 Å². The number of sulfonamides is 1. The van der Waals surface area contributed by atoms with Crippen LogP contribution in [0, 0.1) is 0 Å². The third-order valence-electron chi connectivity index (χ3n) is 3.03. The van der Waals surface area contributed by atoms with Gasteiger partial charge in [0.05, 0.1) is 5.75 Å². The highest BCUT2D eigenvalue weighted by atomic mass is 32.2. The van der Waals surface area contributed by atoms with Crippen molar-refractivity contribution in [3.05, 3.63) is 0 Å². The van der Waals surface area contributed by atoms with Gasteiger partial charge in [-0.1, -0.05) is 0 Å². The summed E-state index contributed by atoms with van der Waals surface area (Å²) in [5.74, 6) is 6.44. The second kappa shape index (κ2) is 6.83. The SMILES string of the molecule is NNc1nc(NCCCS(N)(=O)=O)nc(N2CCCC2)n1. The molecule has 10 nitrogen and oxygen atoms in total. The molecule has 1 aromatic rings. The lowest BCUT2D eigenvalue weighted by atomic mass is 10.4. The minimum absolute atomic E-state index is 0.0912. The van der Waals surface area contributed by atoms with Gasteiger partial charge in [-0.05, 0) is 19.3 Å². The second-order valence-corrected chi connectivity index (χ2v) is 6.50. The first-order chi connectivity index (χ1) is 9.98. The summed E-state index contributed by atoms with van der Waals surface area (Å²) < 4.78 is 21.7. The Morgan fingerprint density at radius 2 is 1.81 bits per heavy atom. The highest BCUT2D eigenvalue weighted by Gasteiger charge is 2.17. The van der Waals surface area contributed by atoms with E-state index < -0.39 is 10.0 Å². The number of hydrogen-bond acceptors (Lipinski definition) is 9. The molecule has 11 heteroatoms. The Morgan fingerprint density at radius 3 is 2.43 bits per heavy atom. The van der Waals surface area contributed by atoms with E-state index in [1.807, 2.05) is 0 Å². The van der Waals surface area contributed by atoms with Gasteiger partial charge >= 0.3 is 0 Å². The lowest BCUT2D eigenvalue weighted by Gasteiger charge is -2.16. The molecule has 1 aliphatic heterocycles. The van der Waals surface area contributed by atoms with Crippen LogP contribution in [0.1, 0.15) is 19.3 Å². The van der Waals surface area contributed by atoms with Crippen molar-refractivity contribution in [3.63, 3.8) is 0 Å². The molecule has 1 saturated heterocycles. The highest BCUT2D eigenvalue weighted by Crippen LogP contribution is 2.18. The lowest BCUT2D eigenvalue weighted by Crippen LogP contribution is -2.24. The van der Waals surface area contributed by atoms with Crippen LogP contribution in [-0.4, -0.2) is 48.8 Å². The Labute approximate surface area is 123 Å². The van der Waals surface area contributed by atoms with Crippen LogP contribution in [0.5, 0.6) is 0 Å². The average molecular weight is 316 g/mol. The molecule has 0 radical (unpaired) electrons. The normalized spacial score (nSPS) is 15.2. The van der Waals surface area contributed by atoms with Crippen LogP contribution >= 0.6 is 0 Å². The zero-order valence-electron chi connectivity index (χ0n) is 11.6. The smallest absolute Gasteiger partial charge is 0.243 e. The molecule has 0 spiro atoms. The maximum atomic E-state index is 10.8. The van der Waals surface area contributed by atoms with Gasteiger partial charge in [0, 0.05) is 19.6 Å². The fraction of sp³-hybridized carbons (Fsp3) is 0.700. The number of nitrogens with two attached hydrogens (primary N) is 2. The molecule has 0 bridgehead atoms. The summed E-state index contributed by atoms with van der Waals surface area (Å²) in [6, 6.07) is 0. The third-order valence-corrected chi connectivity index (χ3v) is 3.89. The number of rotatable bonds is 7. The topological polar surface area (TPSA) is 152 Å². The highest BCUT2D eigenvalue weighted by molar-refractivity contribution is 7.89. The monoisotopic (exact) mass is 316 g/mol. The fourth-order valence-corrected chi connectivity index (χ4v) is 2.59. The molecule has 2 rings (SSSR count). The molecule has 0 aliphatic carbocycles. The molecular formula is C10H20N8O2S. The first kappa shape index (κ1) is 15.7. The number of anilines is 3. The molecular weight excluding hydrogens is 296 g/mol. The van der Waals surface area contributed by atoms with E-state index in [4.69, 9.17) is 11.0 Å². The van der Waals surface area contributed by atoms with Gasteiger partial charge in [-0.25, -0.2) is 19.4 Å². The maximum Gasteiger partial charge on any atom is 0.243 e. The average Bonchev–Trinajstić information content (AvgIpc) is 2.96. The van der Waals surface area contributed by atoms with Crippen molar-refractivity contribution < 1.29 is 8.42 Å². The number of primary sulfonamides is 1. The number of hydrogen-bond donors (Lipinski definition) is 4. The van der Waals surface area contributed by atoms with Gasteiger partial charge in [0.15, 0.2) is 0 Å². The predicted molar refractivity (Wildman–Crippen MR) is 80.2 cm³/mol. The first-order valence-electron chi connectivity index (χ1n) is 6.70. The van der Waals surface area contributed by atoms with Gasteiger partial charge in [0.1, 0.15) is 0 Å². The summed E-state index contributed by atoms with van der Waals surface area (Å²) in [6.45, 7) is 2.20. The summed E-state index contributed by atoms with van der Waals surface area (Å²) in [5.41, 5.74) is 2.40. The molecule has 2 heterocycles. The maximum absolute atomic E-state index is 10.8. The molecule has 21 heavy (non-hydrogen) atoms. The zero-order valence-corrected chi connectivity index (χ0v) is 12.4. The summed E-state index contributed by atoms with van der Waals surface area (Å²) in [4.78, 5) is 14.7. The molecule has 6 N–H and O–H groups in total. The number of nitrogens with zero attached hydrogens (tertiary/aromatic N) is 4. The Bertz CT molecular complexity index is 572. The van der Waals surface area contributed by atoms with E-state index in [0.717, 1.165) is 25.9 Å². The first-order valence-corrected chi connectivity index (χ1v) is 8.41. The lowest BCUT2D eigenvalue weighted by molar-refractivity contribution is 0.595. The van der Waals surface area contributed by atoms with E-state index >= 15 is 0 Å². The second-order valence-electron chi connectivity index (χ2n) is 4.77. The molecule has 1 aromatic heterocycles. The van der Waals surface area contributed by atoms with Crippen molar-refractivity contribution in [2.45, 2.75) is 19.3 Å². The Kier molecular flexibility index (Phi) is 5.09. The quantitative estimate of drug-likeness (QED) is 0.277. The van der Waals surface area contributed by atoms with E-state index in [2.05, 4.69) is 30.6 Å². The fourth-order valence-electron chi connectivity index (χ4n) is 2.04. The van der Waals surface area contributed by atoms with Crippen LogP contribution in [-0.2, 0) is 10.0 Å². The van der Waals surface area contributed by atoms with Crippen LogP contribution in [0.2, 0.25) is 0 Å². The predicted octanol–water partition coefficient (Wildman–Crippen LogP) is -1.15. The van der Waals surface area contributed by atoms with Gasteiger partial charge in [0.25, 0.3) is 0 Å². The van der Waals surface area contributed by atoms with E-state index in [9.17, 15) is 8.42 Å². The summed E-state index contributed by atoms with van der Waals surface area (Å²) >= 11 is 0. The summed E-state index contributed by atoms with van der Waals surface area (Å²) in [5, 5.41) is 7.89.